The van der Waals surface area contributed by atoms with Crippen LogP contribution in [0.1, 0.15) is 100 Å². The lowest BCUT2D eigenvalue weighted by molar-refractivity contribution is -0.265. The van der Waals surface area contributed by atoms with Gasteiger partial charge in [0.05, 0.1) is 27.7 Å². The topological polar surface area (TPSA) is 150 Å². The van der Waals surface area contributed by atoms with Crippen LogP contribution in [0.2, 0.25) is 0 Å². The highest BCUT2D eigenvalue weighted by Gasteiger charge is 2.55. The number of hydrogen-bond donors (Lipinski definition) is 1. The zero-order valence-electron chi connectivity index (χ0n) is 29.6. The molecule has 1 N–H and O–H groups in total. The molecule has 11 nitrogen and oxygen atoms in total. The molecule has 1 aliphatic heterocycles. The van der Waals surface area contributed by atoms with Gasteiger partial charge in [-0.25, -0.2) is 0 Å². The second-order valence-corrected chi connectivity index (χ2v) is 15.9. The smallest absolute Gasteiger partial charge is 0.311 e. The average molecular weight is 645 g/mol. The van der Waals surface area contributed by atoms with Gasteiger partial charge in [0, 0.05) is 0 Å². The van der Waals surface area contributed by atoms with Gasteiger partial charge in [0.1, 0.15) is 18.8 Å². The number of ether oxygens (including phenoxy) is 5. The maximum Gasteiger partial charge on any atom is 0.311 e. The number of aryl methyl sites for hydroxylation is 1. The summed E-state index contributed by atoms with van der Waals surface area (Å²) < 4.78 is 30.0. The van der Waals surface area contributed by atoms with Gasteiger partial charge in [-0.3, -0.25) is 24.5 Å². The average Bonchev–Trinajstić information content (AvgIpc) is 2.91. The van der Waals surface area contributed by atoms with Crippen LogP contribution < -0.4 is 5.32 Å². The molecule has 0 spiro atoms. The van der Waals surface area contributed by atoms with Crippen molar-refractivity contribution in [2.24, 2.45) is 21.7 Å². The fourth-order valence-electron chi connectivity index (χ4n) is 3.99. The van der Waals surface area contributed by atoms with Gasteiger partial charge < -0.3 is 23.7 Å². The van der Waals surface area contributed by atoms with Gasteiger partial charge in [0.2, 0.25) is 0 Å². The van der Waals surface area contributed by atoms with Gasteiger partial charge in [0.15, 0.2) is 24.5 Å². The summed E-state index contributed by atoms with van der Waals surface area (Å²) in [5.41, 5.74) is -2.21. The SMILES string of the molecule is Cc1ccc(C(C#N)N[C@@H]2O[C@H](COC(=O)C(C)(C)C)[C@@H](OC(=O)C(C)(C)C)[C@H](OC(=O)C(C)(C)C)[C@H]2OC(=O)C(C)(C)C)cc1. The van der Waals surface area contributed by atoms with Crippen LogP contribution in [0.25, 0.3) is 0 Å². The van der Waals surface area contributed by atoms with Crippen molar-refractivity contribution in [2.75, 3.05) is 6.61 Å². The first-order valence-electron chi connectivity index (χ1n) is 15.5. The monoisotopic (exact) mass is 644 g/mol. The molecule has 0 radical (unpaired) electrons. The Labute approximate surface area is 273 Å². The summed E-state index contributed by atoms with van der Waals surface area (Å²) in [7, 11) is 0. The van der Waals surface area contributed by atoms with Crippen LogP contribution >= 0.6 is 0 Å². The van der Waals surface area contributed by atoms with Gasteiger partial charge in [-0.1, -0.05) is 29.8 Å². The molecule has 0 aliphatic carbocycles. The van der Waals surface area contributed by atoms with Crippen LogP contribution in [0, 0.1) is 39.9 Å². The number of nitriles is 1. The Bertz CT molecular complexity index is 1290. The van der Waals surface area contributed by atoms with Gasteiger partial charge in [-0.2, -0.15) is 5.26 Å². The lowest BCUT2D eigenvalue weighted by atomic mass is 9.92. The molecular weight excluding hydrogens is 592 g/mol. The third-order valence-electron chi connectivity index (χ3n) is 7.06. The predicted octanol–water partition coefficient (Wildman–Crippen LogP) is 5.34. The summed E-state index contributed by atoms with van der Waals surface area (Å²) in [6.07, 6.45) is -6.60. The van der Waals surface area contributed by atoms with Crippen molar-refractivity contribution < 1.29 is 42.9 Å². The van der Waals surface area contributed by atoms with Gasteiger partial charge in [0.25, 0.3) is 0 Å². The molecule has 1 aromatic carbocycles. The number of esters is 4. The van der Waals surface area contributed by atoms with Gasteiger partial charge in [-0.05, 0) is 95.6 Å². The number of hydrogen-bond acceptors (Lipinski definition) is 11. The first kappa shape index (κ1) is 38.7. The molecule has 0 amide bonds. The Kier molecular flexibility index (Phi) is 12.2. The Balaban J connectivity index is 2.75. The molecule has 1 fully saturated rings. The van der Waals surface area contributed by atoms with Crippen molar-refractivity contribution in [1.82, 2.24) is 5.32 Å². The molecule has 0 aromatic heterocycles. The molecule has 1 unspecified atom stereocenters. The third kappa shape index (κ3) is 10.5. The summed E-state index contributed by atoms with van der Waals surface area (Å²) >= 11 is 0. The number of nitrogens with one attached hydrogen (secondary N) is 1. The highest BCUT2D eigenvalue weighted by molar-refractivity contribution is 5.78. The Morgan fingerprint density at radius 3 is 1.54 bits per heavy atom. The van der Waals surface area contributed by atoms with E-state index in [1.54, 1.807) is 95.2 Å². The summed E-state index contributed by atoms with van der Waals surface area (Å²) in [6, 6.07) is 8.52. The summed E-state index contributed by atoms with van der Waals surface area (Å²) in [6.45, 7) is 21.5. The van der Waals surface area contributed by atoms with E-state index in [0.29, 0.717) is 5.56 Å². The van der Waals surface area contributed by atoms with E-state index in [2.05, 4.69) is 11.4 Å². The normalized spacial score (nSPS) is 23.0. The van der Waals surface area contributed by atoms with Crippen LogP contribution in [0.5, 0.6) is 0 Å². The van der Waals surface area contributed by atoms with E-state index in [-0.39, 0.29) is 6.61 Å². The Morgan fingerprint density at radius 1 is 0.717 bits per heavy atom. The van der Waals surface area contributed by atoms with E-state index in [1.807, 2.05) is 19.1 Å². The summed E-state index contributed by atoms with van der Waals surface area (Å²) in [5.74, 6) is -2.49. The van der Waals surface area contributed by atoms with E-state index in [0.717, 1.165) is 5.56 Å². The molecule has 46 heavy (non-hydrogen) atoms. The van der Waals surface area contributed by atoms with Crippen molar-refractivity contribution in [2.45, 2.75) is 127 Å². The van der Waals surface area contributed by atoms with Crippen LogP contribution in [-0.4, -0.2) is 61.1 Å². The van der Waals surface area contributed by atoms with E-state index in [9.17, 15) is 24.4 Å². The Hall–Kier alpha value is -3.49. The Morgan fingerprint density at radius 2 is 1.13 bits per heavy atom. The molecular formula is C35H52N2O9. The van der Waals surface area contributed by atoms with Gasteiger partial charge >= 0.3 is 23.9 Å². The fraction of sp³-hybridized carbons (Fsp3) is 0.686. The molecule has 0 saturated carbocycles. The minimum Gasteiger partial charge on any atom is -0.462 e. The second-order valence-electron chi connectivity index (χ2n) is 15.9. The van der Waals surface area contributed by atoms with Crippen molar-refractivity contribution in [3.05, 3.63) is 35.4 Å². The molecule has 0 bridgehead atoms. The zero-order valence-corrected chi connectivity index (χ0v) is 29.6. The molecule has 256 valence electrons. The quantitative estimate of drug-likeness (QED) is 0.289. The molecule has 1 aromatic rings. The fourth-order valence-corrected chi connectivity index (χ4v) is 3.99. The van der Waals surface area contributed by atoms with Crippen LogP contribution in [-0.2, 0) is 42.9 Å². The van der Waals surface area contributed by atoms with Crippen LogP contribution in [0.3, 0.4) is 0 Å². The van der Waals surface area contributed by atoms with E-state index in [1.165, 1.54) is 0 Å². The highest BCUT2D eigenvalue weighted by atomic mass is 16.7. The lowest BCUT2D eigenvalue weighted by Gasteiger charge is -2.46. The molecule has 1 saturated heterocycles. The van der Waals surface area contributed by atoms with Crippen LogP contribution in [0.15, 0.2) is 24.3 Å². The van der Waals surface area contributed by atoms with Crippen molar-refractivity contribution >= 4 is 23.9 Å². The molecule has 6 atom stereocenters. The molecule has 11 heteroatoms. The maximum absolute atomic E-state index is 13.4. The minimum atomic E-state index is -1.41. The molecule has 1 aliphatic rings. The molecule has 2 rings (SSSR count). The van der Waals surface area contributed by atoms with E-state index < -0.39 is 82.2 Å². The van der Waals surface area contributed by atoms with Crippen molar-refractivity contribution in [1.29, 1.82) is 5.26 Å². The number of carbonyl (C=O) groups is 4. The molecule has 1 heterocycles. The van der Waals surface area contributed by atoms with Gasteiger partial charge in [-0.15, -0.1) is 0 Å². The maximum atomic E-state index is 13.4. The third-order valence-corrected chi connectivity index (χ3v) is 7.06. The number of carbonyl (C=O) groups excluding carboxylic acids is 4. The summed E-state index contributed by atoms with van der Waals surface area (Å²) in [5, 5.41) is 13.3. The number of rotatable bonds is 8. The van der Waals surface area contributed by atoms with Crippen molar-refractivity contribution in [3.63, 3.8) is 0 Å². The minimum absolute atomic E-state index is 0.387. The standard InChI is InChI=1S/C35H52N2O9/c1-20-14-16-21(17-15-20)22(18-36)37-27-26(46-31(41)35(11,12)13)25(45-30(40)34(8,9)10)24(44-29(39)33(5,6)7)23(43-27)19-42-28(38)32(2,3)4/h14-17,22-27,37H,19H2,1-13H3/t22?,23-,24-,25+,26-,27-/m1/s1. The van der Waals surface area contributed by atoms with E-state index in [4.69, 9.17) is 23.7 Å². The summed E-state index contributed by atoms with van der Waals surface area (Å²) in [4.78, 5) is 52.9. The van der Waals surface area contributed by atoms with Crippen molar-refractivity contribution in [3.8, 4) is 6.07 Å². The zero-order chi connectivity index (χ0) is 35.4. The largest absolute Gasteiger partial charge is 0.462 e. The lowest BCUT2D eigenvalue weighted by Crippen LogP contribution is -2.66. The van der Waals surface area contributed by atoms with E-state index >= 15 is 0 Å². The predicted molar refractivity (Wildman–Crippen MR) is 170 cm³/mol. The first-order valence-corrected chi connectivity index (χ1v) is 15.5. The second kappa shape index (κ2) is 14.5. The number of benzene rings is 1. The van der Waals surface area contributed by atoms with Crippen LogP contribution in [0.4, 0.5) is 0 Å². The highest BCUT2D eigenvalue weighted by Crippen LogP contribution is 2.34. The number of nitrogens with zero attached hydrogens (tertiary/aromatic N) is 1. The first-order chi connectivity index (χ1) is 20.9.